The molecule has 166 valence electrons. The molecule has 0 heterocycles. The second-order valence-electron chi connectivity index (χ2n) is 9.95. The van der Waals surface area contributed by atoms with Gasteiger partial charge in [0.25, 0.3) is 0 Å². The molecule has 3 atom stereocenters. The number of benzene rings is 3. The molecule has 0 saturated heterocycles. The van der Waals surface area contributed by atoms with Crippen LogP contribution in [0.15, 0.2) is 54.6 Å². The third-order valence-corrected chi connectivity index (χ3v) is 8.06. The van der Waals surface area contributed by atoms with Crippen LogP contribution in [0.2, 0.25) is 0 Å². The molecule has 32 heavy (non-hydrogen) atoms. The van der Waals surface area contributed by atoms with Crippen molar-refractivity contribution < 1.29 is 14.6 Å². The van der Waals surface area contributed by atoms with E-state index < -0.39 is 5.97 Å². The zero-order valence-electron chi connectivity index (χ0n) is 19.1. The third-order valence-electron chi connectivity index (χ3n) is 8.06. The van der Waals surface area contributed by atoms with Gasteiger partial charge in [-0.05, 0) is 95.2 Å². The maximum Gasteiger partial charge on any atom is 0.335 e. The Bertz CT molecular complexity index is 1160. The highest BCUT2D eigenvalue weighted by molar-refractivity contribution is 5.95. The van der Waals surface area contributed by atoms with Gasteiger partial charge in [-0.3, -0.25) is 0 Å². The first-order valence-electron chi connectivity index (χ1n) is 12.0. The van der Waals surface area contributed by atoms with Gasteiger partial charge in [-0.25, -0.2) is 4.79 Å². The predicted octanol–water partition coefficient (Wildman–Crippen LogP) is 7.46. The van der Waals surface area contributed by atoms with Crippen molar-refractivity contribution in [1.29, 1.82) is 0 Å². The smallest absolute Gasteiger partial charge is 0.335 e. The lowest BCUT2D eigenvalue weighted by atomic mass is 9.56. The van der Waals surface area contributed by atoms with Crippen molar-refractivity contribution in [3.63, 3.8) is 0 Å². The number of rotatable bonds is 5. The number of aromatic carboxylic acids is 1. The van der Waals surface area contributed by atoms with Gasteiger partial charge in [-0.15, -0.1) is 0 Å². The molecule has 3 unspecified atom stereocenters. The third kappa shape index (κ3) is 3.68. The van der Waals surface area contributed by atoms with Gasteiger partial charge < -0.3 is 9.84 Å². The highest BCUT2D eigenvalue weighted by Crippen LogP contribution is 2.55. The summed E-state index contributed by atoms with van der Waals surface area (Å²) in [6, 6.07) is 18.3. The molecule has 5 rings (SSSR count). The minimum Gasteiger partial charge on any atom is -0.496 e. The van der Waals surface area contributed by atoms with Crippen LogP contribution >= 0.6 is 0 Å². The van der Waals surface area contributed by atoms with Gasteiger partial charge in [0, 0.05) is 5.56 Å². The first-order chi connectivity index (χ1) is 15.5. The molecule has 1 N–H and O–H groups in total. The van der Waals surface area contributed by atoms with Crippen molar-refractivity contribution in [3.05, 3.63) is 65.7 Å². The Kier molecular flexibility index (Phi) is 5.44. The lowest BCUT2D eigenvalue weighted by Gasteiger charge is -2.49. The van der Waals surface area contributed by atoms with E-state index in [0.29, 0.717) is 5.56 Å². The van der Waals surface area contributed by atoms with Crippen molar-refractivity contribution in [1.82, 2.24) is 0 Å². The number of hydrogen-bond donors (Lipinski definition) is 1. The molecule has 3 aromatic carbocycles. The van der Waals surface area contributed by atoms with E-state index in [4.69, 9.17) is 4.74 Å². The van der Waals surface area contributed by atoms with E-state index in [2.05, 4.69) is 37.3 Å². The summed E-state index contributed by atoms with van der Waals surface area (Å²) in [5.74, 6) is 1.79. The number of hydrogen-bond acceptors (Lipinski definition) is 2. The fraction of sp³-hybridized carbons (Fsp3) is 0.414. The lowest BCUT2D eigenvalue weighted by Crippen LogP contribution is -2.40. The van der Waals surface area contributed by atoms with Gasteiger partial charge in [0.1, 0.15) is 5.75 Å². The Morgan fingerprint density at radius 1 is 1.03 bits per heavy atom. The quantitative estimate of drug-likeness (QED) is 0.459. The first kappa shape index (κ1) is 21.1. The van der Waals surface area contributed by atoms with Crippen LogP contribution < -0.4 is 4.74 Å². The molecule has 0 amide bonds. The van der Waals surface area contributed by atoms with Crippen LogP contribution in [0.25, 0.3) is 21.9 Å². The number of ether oxygens (including phenoxy) is 1. The SMILES string of the molecule is CCC1CC2CCCC(c3cc(-c4ccc5cc(C(=O)O)ccc5c4)ccc3OC)(C1)C2. The molecule has 0 aliphatic heterocycles. The van der Waals surface area contributed by atoms with Crippen molar-refractivity contribution >= 4 is 16.7 Å². The van der Waals surface area contributed by atoms with Gasteiger partial charge in [0.05, 0.1) is 12.7 Å². The molecule has 0 radical (unpaired) electrons. The molecule has 3 aromatic rings. The molecule has 3 heteroatoms. The van der Waals surface area contributed by atoms with Gasteiger partial charge >= 0.3 is 5.97 Å². The summed E-state index contributed by atoms with van der Waals surface area (Å²) in [4.78, 5) is 11.3. The van der Waals surface area contributed by atoms with Crippen LogP contribution in [-0.4, -0.2) is 18.2 Å². The van der Waals surface area contributed by atoms with E-state index >= 15 is 0 Å². The number of carboxylic acids is 1. The van der Waals surface area contributed by atoms with Crippen LogP contribution in [0.3, 0.4) is 0 Å². The summed E-state index contributed by atoms with van der Waals surface area (Å²) in [6.07, 6.45) is 9.18. The van der Waals surface area contributed by atoms with Crippen LogP contribution in [-0.2, 0) is 5.41 Å². The Hall–Kier alpha value is -2.81. The Morgan fingerprint density at radius 3 is 2.56 bits per heavy atom. The van der Waals surface area contributed by atoms with Gasteiger partial charge in [0.15, 0.2) is 0 Å². The highest BCUT2D eigenvalue weighted by Gasteiger charge is 2.45. The summed E-state index contributed by atoms with van der Waals surface area (Å²) in [7, 11) is 1.80. The van der Waals surface area contributed by atoms with Gasteiger partial charge in [-0.1, -0.05) is 50.5 Å². The summed E-state index contributed by atoms with van der Waals surface area (Å²) < 4.78 is 5.89. The van der Waals surface area contributed by atoms with Crippen molar-refractivity contribution in [2.45, 2.75) is 57.3 Å². The fourth-order valence-corrected chi connectivity index (χ4v) is 6.51. The summed E-state index contributed by atoms with van der Waals surface area (Å²) in [6.45, 7) is 2.35. The average Bonchev–Trinajstić information content (AvgIpc) is 2.82. The van der Waals surface area contributed by atoms with Crippen molar-refractivity contribution in [2.24, 2.45) is 11.8 Å². The minimum atomic E-state index is -0.890. The van der Waals surface area contributed by atoms with Crippen molar-refractivity contribution in [3.8, 4) is 16.9 Å². The Morgan fingerprint density at radius 2 is 1.78 bits per heavy atom. The molecular formula is C29H32O3. The lowest BCUT2D eigenvalue weighted by molar-refractivity contribution is 0.0697. The topological polar surface area (TPSA) is 46.5 Å². The second kappa shape index (κ2) is 8.27. The van der Waals surface area contributed by atoms with E-state index in [0.717, 1.165) is 33.9 Å². The molecule has 0 aromatic heterocycles. The molecule has 2 bridgehead atoms. The van der Waals surface area contributed by atoms with Crippen LogP contribution in [0, 0.1) is 11.8 Å². The molecule has 3 nitrogen and oxygen atoms in total. The van der Waals surface area contributed by atoms with Gasteiger partial charge in [-0.2, -0.15) is 0 Å². The maximum absolute atomic E-state index is 11.3. The zero-order valence-corrected chi connectivity index (χ0v) is 19.1. The number of carbonyl (C=O) groups is 1. The van der Waals surface area contributed by atoms with Crippen LogP contribution in [0.4, 0.5) is 0 Å². The molecule has 2 aliphatic rings. The summed E-state index contributed by atoms with van der Waals surface area (Å²) in [5, 5.41) is 11.3. The number of fused-ring (bicyclic) bond motifs is 3. The predicted molar refractivity (Wildman–Crippen MR) is 130 cm³/mol. The van der Waals surface area contributed by atoms with Crippen LogP contribution in [0.5, 0.6) is 5.75 Å². The van der Waals surface area contributed by atoms with E-state index in [1.54, 1.807) is 19.2 Å². The largest absolute Gasteiger partial charge is 0.496 e. The standard InChI is InChI=1S/C29H32O3/c1-3-19-13-20-5-4-12-29(17-19,18-20)26-16-24(10-11-27(26)32-2)22-6-7-23-15-25(28(30)31)9-8-21(23)14-22/h6-11,14-16,19-20H,3-5,12-13,17-18H2,1-2H3,(H,30,31). The highest BCUT2D eigenvalue weighted by atomic mass is 16.5. The number of carboxylic acid groups (broad SMARTS) is 1. The van der Waals surface area contributed by atoms with E-state index in [1.165, 1.54) is 56.1 Å². The maximum atomic E-state index is 11.3. The molecule has 2 aliphatic carbocycles. The van der Waals surface area contributed by atoms with E-state index in [9.17, 15) is 9.90 Å². The molecule has 0 spiro atoms. The summed E-state index contributed by atoms with van der Waals surface area (Å²) >= 11 is 0. The molecule has 2 fully saturated rings. The minimum absolute atomic E-state index is 0.233. The Balaban J connectivity index is 1.57. The molecule has 2 saturated carbocycles. The normalized spacial score (nSPS) is 24.9. The first-order valence-corrected chi connectivity index (χ1v) is 12.0. The van der Waals surface area contributed by atoms with Gasteiger partial charge in [0.2, 0.25) is 0 Å². The Labute approximate surface area is 190 Å². The van der Waals surface area contributed by atoms with Crippen molar-refractivity contribution in [2.75, 3.05) is 7.11 Å². The molecular weight excluding hydrogens is 396 g/mol. The van der Waals surface area contributed by atoms with E-state index in [1.807, 2.05) is 12.1 Å². The average molecular weight is 429 g/mol. The fourth-order valence-electron chi connectivity index (χ4n) is 6.51. The zero-order chi connectivity index (χ0) is 22.3. The summed E-state index contributed by atoms with van der Waals surface area (Å²) in [5.41, 5.74) is 4.32. The van der Waals surface area contributed by atoms with E-state index in [-0.39, 0.29) is 5.41 Å². The number of methoxy groups -OCH3 is 1. The van der Waals surface area contributed by atoms with Crippen LogP contribution in [0.1, 0.15) is 67.8 Å². The second-order valence-corrected chi connectivity index (χ2v) is 9.95. The monoisotopic (exact) mass is 428 g/mol.